The molecule has 0 aliphatic heterocycles. The average molecular weight is 354 g/mol. The van der Waals surface area contributed by atoms with Gasteiger partial charge in [0.1, 0.15) is 11.5 Å². The highest BCUT2D eigenvalue weighted by atomic mass is 16.5. The van der Waals surface area contributed by atoms with E-state index in [-0.39, 0.29) is 5.41 Å². The van der Waals surface area contributed by atoms with Gasteiger partial charge < -0.3 is 4.74 Å². The first kappa shape index (κ1) is 20.0. The minimum Gasteiger partial charge on any atom is -0.491 e. The fourth-order valence-corrected chi connectivity index (χ4v) is 2.58. The summed E-state index contributed by atoms with van der Waals surface area (Å²) in [6, 6.07) is 6.22. The van der Waals surface area contributed by atoms with Crippen molar-refractivity contribution in [3.05, 3.63) is 48.1 Å². The third-order valence-corrected chi connectivity index (χ3v) is 4.23. The molecule has 26 heavy (non-hydrogen) atoms. The number of nitrogens with zero attached hydrogens (tertiary/aromatic N) is 1. The van der Waals surface area contributed by atoms with E-state index in [1.807, 2.05) is 24.3 Å². The van der Waals surface area contributed by atoms with E-state index in [0.717, 1.165) is 24.3 Å². The van der Waals surface area contributed by atoms with Crippen LogP contribution in [0.25, 0.3) is 0 Å². The quantitative estimate of drug-likeness (QED) is 0.374. The molecule has 4 nitrogen and oxygen atoms in total. The fourth-order valence-electron chi connectivity index (χ4n) is 2.58. The molecule has 0 spiro atoms. The van der Waals surface area contributed by atoms with Gasteiger partial charge in [-0.1, -0.05) is 52.8 Å². The zero-order chi connectivity index (χ0) is 19.2. The van der Waals surface area contributed by atoms with Crippen molar-refractivity contribution in [3.8, 4) is 5.75 Å². The van der Waals surface area contributed by atoms with Gasteiger partial charge in [-0.15, -0.1) is 0 Å². The van der Waals surface area contributed by atoms with Gasteiger partial charge in [0.15, 0.2) is 0 Å². The molecule has 0 amide bonds. The van der Waals surface area contributed by atoms with E-state index in [9.17, 15) is 0 Å². The van der Waals surface area contributed by atoms with E-state index in [1.165, 1.54) is 5.56 Å². The number of ether oxygens (including phenoxy) is 1. The number of hydrogen-bond acceptors (Lipinski definition) is 4. The highest BCUT2D eigenvalue weighted by Gasteiger charge is 2.16. The summed E-state index contributed by atoms with van der Waals surface area (Å²) in [7, 11) is 0. The Morgan fingerprint density at radius 1 is 1.15 bits per heavy atom. The lowest BCUT2D eigenvalue weighted by Gasteiger charge is -2.21. The molecule has 0 bridgehead atoms. The van der Waals surface area contributed by atoms with Crippen LogP contribution < -0.4 is 10.2 Å². The van der Waals surface area contributed by atoms with Crippen LogP contribution in [0.1, 0.15) is 53.0 Å². The molecule has 0 saturated heterocycles. The summed E-state index contributed by atoms with van der Waals surface area (Å²) in [4.78, 5) is 0. The first-order chi connectivity index (χ1) is 12.3. The molecule has 1 aromatic rings. The van der Waals surface area contributed by atoms with E-state index >= 15 is 0 Å². The van der Waals surface area contributed by atoms with Crippen LogP contribution >= 0.6 is 0 Å². The standard InChI is InChI=1S/C22H31N3O/c1-16(2)9-8-14-26-21-13-12-17(22(3,4)5)15-20(21)25-24-19-11-7-6-10-18(19)23/h6-7,10-13,15-16,23,25H,8-9,14H2,1-5H3/b23-18?,24-19-. The molecule has 2 N–H and O–H groups in total. The van der Waals surface area contributed by atoms with Gasteiger partial charge in [-0.3, -0.25) is 10.8 Å². The fraction of sp³-hybridized carbons (Fsp3) is 0.455. The summed E-state index contributed by atoms with van der Waals surface area (Å²) in [6.07, 6.45) is 9.46. The molecule has 0 saturated carbocycles. The molecular formula is C22H31N3O. The number of hydrazone groups is 1. The van der Waals surface area contributed by atoms with Gasteiger partial charge >= 0.3 is 0 Å². The highest BCUT2D eigenvalue weighted by Crippen LogP contribution is 2.32. The SMILES string of the molecule is CC(C)CCCOc1ccc(C(C)(C)C)cc1N/N=C1/C=CC=CC1=N. The smallest absolute Gasteiger partial charge is 0.144 e. The van der Waals surface area contributed by atoms with Gasteiger partial charge in [0.2, 0.25) is 0 Å². The first-order valence-corrected chi connectivity index (χ1v) is 9.32. The van der Waals surface area contributed by atoms with Gasteiger partial charge in [-0.25, -0.2) is 0 Å². The number of benzene rings is 1. The molecule has 1 aliphatic carbocycles. The summed E-state index contributed by atoms with van der Waals surface area (Å²) >= 11 is 0. The predicted molar refractivity (Wildman–Crippen MR) is 112 cm³/mol. The Labute approximate surface area is 157 Å². The highest BCUT2D eigenvalue weighted by molar-refractivity contribution is 6.50. The lowest BCUT2D eigenvalue weighted by atomic mass is 9.87. The molecule has 0 radical (unpaired) electrons. The predicted octanol–water partition coefficient (Wildman–Crippen LogP) is 5.71. The second kappa shape index (κ2) is 8.84. The van der Waals surface area contributed by atoms with E-state index in [2.05, 4.69) is 57.3 Å². The van der Waals surface area contributed by atoms with Gasteiger partial charge in [0, 0.05) is 0 Å². The van der Waals surface area contributed by atoms with Crippen LogP contribution in [-0.2, 0) is 5.41 Å². The number of nitrogens with one attached hydrogen (secondary N) is 2. The monoisotopic (exact) mass is 353 g/mol. The van der Waals surface area contributed by atoms with Crippen LogP contribution in [0.15, 0.2) is 47.6 Å². The number of rotatable bonds is 7. The Bertz CT molecular complexity index is 721. The third kappa shape index (κ3) is 5.87. The summed E-state index contributed by atoms with van der Waals surface area (Å²) < 4.78 is 6.00. The van der Waals surface area contributed by atoms with Gasteiger partial charge in [0.05, 0.1) is 18.0 Å². The molecule has 0 unspecified atom stereocenters. The van der Waals surface area contributed by atoms with E-state index in [1.54, 1.807) is 6.08 Å². The largest absolute Gasteiger partial charge is 0.491 e. The van der Waals surface area contributed by atoms with Crippen LogP contribution in [0, 0.1) is 11.3 Å². The van der Waals surface area contributed by atoms with Crippen molar-refractivity contribution in [2.75, 3.05) is 12.0 Å². The van der Waals surface area contributed by atoms with Crippen LogP contribution in [0.3, 0.4) is 0 Å². The lowest BCUT2D eigenvalue weighted by Crippen LogP contribution is -2.14. The molecule has 1 aromatic carbocycles. The Kier molecular flexibility index (Phi) is 6.78. The van der Waals surface area contributed by atoms with Crippen molar-refractivity contribution < 1.29 is 4.74 Å². The maximum absolute atomic E-state index is 7.94. The normalized spacial score (nSPS) is 15.8. The van der Waals surface area contributed by atoms with Crippen LogP contribution in [0.5, 0.6) is 5.75 Å². The third-order valence-electron chi connectivity index (χ3n) is 4.23. The maximum atomic E-state index is 7.94. The molecule has 1 aliphatic rings. The number of hydrogen-bond donors (Lipinski definition) is 2. The Balaban J connectivity index is 2.18. The van der Waals surface area contributed by atoms with Crippen LogP contribution in [-0.4, -0.2) is 18.0 Å². The van der Waals surface area contributed by atoms with Gasteiger partial charge in [-0.2, -0.15) is 5.10 Å². The zero-order valence-electron chi connectivity index (χ0n) is 16.6. The number of allylic oxidation sites excluding steroid dienone is 4. The first-order valence-electron chi connectivity index (χ1n) is 9.32. The molecular weight excluding hydrogens is 322 g/mol. The summed E-state index contributed by atoms with van der Waals surface area (Å²) in [5.74, 6) is 1.48. The molecule has 2 rings (SSSR count). The molecule has 0 atom stereocenters. The van der Waals surface area contributed by atoms with Crippen LogP contribution in [0.2, 0.25) is 0 Å². The summed E-state index contributed by atoms with van der Waals surface area (Å²) in [5.41, 5.74) is 6.21. The van der Waals surface area contributed by atoms with Crippen molar-refractivity contribution in [2.45, 2.75) is 52.9 Å². The second-order valence-electron chi connectivity index (χ2n) is 8.09. The second-order valence-corrected chi connectivity index (χ2v) is 8.09. The topological polar surface area (TPSA) is 57.5 Å². The Morgan fingerprint density at radius 2 is 1.88 bits per heavy atom. The summed E-state index contributed by atoms with van der Waals surface area (Å²) in [5, 5.41) is 12.3. The van der Waals surface area contributed by atoms with Gasteiger partial charge in [-0.05, 0) is 54.0 Å². The minimum atomic E-state index is 0.0416. The van der Waals surface area contributed by atoms with Crippen molar-refractivity contribution >= 4 is 17.1 Å². The zero-order valence-corrected chi connectivity index (χ0v) is 16.6. The lowest BCUT2D eigenvalue weighted by molar-refractivity contribution is 0.299. The van der Waals surface area contributed by atoms with Crippen molar-refractivity contribution in [2.24, 2.45) is 11.0 Å². The molecule has 140 valence electrons. The maximum Gasteiger partial charge on any atom is 0.144 e. The van der Waals surface area contributed by atoms with E-state index in [0.29, 0.717) is 23.9 Å². The minimum absolute atomic E-state index is 0.0416. The Morgan fingerprint density at radius 3 is 2.54 bits per heavy atom. The van der Waals surface area contributed by atoms with Gasteiger partial charge in [0.25, 0.3) is 0 Å². The average Bonchev–Trinajstić information content (AvgIpc) is 2.57. The Hall–Kier alpha value is -2.36. The molecule has 4 heteroatoms. The van der Waals surface area contributed by atoms with Crippen molar-refractivity contribution in [1.82, 2.24) is 0 Å². The van der Waals surface area contributed by atoms with E-state index < -0.39 is 0 Å². The molecule has 0 aromatic heterocycles. The van der Waals surface area contributed by atoms with Crippen LogP contribution in [0.4, 0.5) is 5.69 Å². The van der Waals surface area contributed by atoms with E-state index in [4.69, 9.17) is 10.1 Å². The number of anilines is 1. The molecule has 0 fully saturated rings. The molecule has 0 heterocycles. The summed E-state index contributed by atoms with van der Waals surface area (Å²) in [6.45, 7) is 11.7. The van der Waals surface area contributed by atoms with Crippen molar-refractivity contribution in [1.29, 1.82) is 5.41 Å². The van der Waals surface area contributed by atoms with Crippen molar-refractivity contribution in [3.63, 3.8) is 0 Å².